The van der Waals surface area contributed by atoms with Crippen LogP contribution in [0.2, 0.25) is 0 Å². The largest absolute Gasteiger partial charge is 0.497 e. The Morgan fingerprint density at radius 3 is 1.97 bits per heavy atom. The number of hydrogen-bond acceptors (Lipinski definition) is 7. The number of urea groups is 1. The van der Waals surface area contributed by atoms with E-state index in [2.05, 4.69) is 20.2 Å². The van der Waals surface area contributed by atoms with Gasteiger partial charge < -0.3 is 19.5 Å². The summed E-state index contributed by atoms with van der Waals surface area (Å²) in [6.45, 7) is 0. The molecule has 2 N–H and O–H groups in total. The molecule has 2 rings (SSSR count). The summed E-state index contributed by atoms with van der Waals surface area (Å²) in [5.74, 6) is -1.18. The lowest BCUT2D eigenvalue weighted by Gasteiger charge is -2.23. The van der Waals surface area contributed by atoms with E-state index in [1.165, 1.54) is 0 Å². The molecule has 2 aromatic rings. The van der Waals surface area contributed by atoms with Crippen LogP contribution in [0.5, 0.6) is 5.75 Å². The number of benzene rings is 2. The quantitative estimate of drug-likeness (QED) is 0.242. The Bertz CT molecular complexity index is 863. The first-order chi connectivity index (χ1) is 14.0. The molecule has 0 saturated carbocycles. The van der Waals surface area contributed by atoms with E-state index in [4.69, 9.17) is 4.74 Å². The van der Waals surface area contributed by atoms with E-state index in [0.29, 0.717) is 17.1 Å². The van der Waals surface area contributed by atoms with E-state index < -0.39 is 23.5 Å². The van der Waals surface area contributed by atoms with E-state index in [-0.39, 0.29) is 0 Å². The topological polar surface area (TPSA) is 106 Å². The number of hydrazine groups is 1. The number of amides is 2. The van der Waals surface area contributed by atoms with Crippen molar-refractivity contribution in [2.24, 2.45) is 0 Å². The third-order valence-corrected chi connectivity index (χ3v) is 3.71. The van der Waals surface area contributed by atoms with Gasteiger partial charge in [-0.3, -0.25) is 5.43 Å². The molecule has 0 radical (unpaired) electrons. The lowest BCUT2D eigenvalue weighted by Crippen LogP contribution is -2.43. The van der Waals surface area contributed by atoms with Gasteiger partial charge in [0.1, 0.15) is 5.75 Å². The molecule has 2 amide bonds. The maximum absolute atomic E-state index is 12.8. The Balaban J connectivity index is 2.29. The van der Waals surface area contributed by atoms with Gasteiger partial charge in [-0.25, -0.2) is 19.4 Å². The van der Waals surface area contributed by atoms with Gasteiger partial charge in [-0.2, -0.15) is 0 Å². The average molecular weight is 399 g/mol. The maximum Gasteiger partial charge on any atom is 0.346 e. The van der Waals surface area contributed by atoms with Crippen LogP contribution in [0.3, 0.4) is 0 Å². The highest BCUT2D eigenvalue weighted by Crippen LogP contribution is 2.17. The Hall–Kier alpha value is -4.01. The monoisotopic (exact) mass is 399 g/mol. The minimum absolute atomic E-state index is 0.409. The Morgan fingerprint density at radius 2 is 1.45 bits per heavy atom. The summed E-state index contributed by atoms with van der Waals surface area (Å²) in [7, 11) is 3.80. The number of para-hydroxylation sites is 1. The Kier molecular flexibility index (Phi) is 7.60. The maximum atomic E-state index is 12.8. The molecule has 9 nitrogen and oxygen atoms in total. The fourth-order valence-corrected chi connectivity index (χ4v) is 2.23. The van der Waals surface area contributed by atoms with Gasteiger partial charge in [-0.1, -0.05) is 18.2 Å². The molecule has 0 spiro atoms. The summed E-state index contributed by atoms with van der Waals surface area (Å²) in [5.41, 5.74) is 3.21. The summed E-state index contributed by atoms with van der Waals surface area (Å²) in [6, 6.07) is 14.8. The lowest BCUT2D eigenvalue weighted by molar-refractivity contribution is -0.144. The number of hydrogen-bond donors (Lipinski definition) is 2. The first kappa shape index (κ1) is 21.3. The van der Waals surface area contributed by atoms with Crippen LogP contribution >= 0.6 is 0 Å². The van der Waals surface area contributed by atoms with Gasteiger partial charge in [-0.05, 0) is 36.4 Å². The second-order valence-electron chi connectivity index (χ2n) is 5.50. The first-order valence-electron chi connectivity index (χ1n) is 8.43. The second-order valence-corrected chi connectivity index (χ2v) is 5.50. The van der Waals surface area contributed by atoms with Crippen LogP contribution in [0, 0.1) is 0 Å². The van der Waals surface area contributed by atoms with Crippen molar-refractivity contribution in [1.29, 1.82) is 0 Å². The minimum atomic E-state index is -0.909. The van der Waals surface area contributed by atoms with Crippen molar-refractivity contribution >= 4 is 29.3 Å². The highest BCUT2D eigenvalue weighted by atomic mass is 16.5. The third-order valence-electron chi connectivity index (χ3n) is 3.71. The fourth-order valence-electron chi connectivity index (χ4n) is 2.23. The van der Waals surface area contributed by atoms with Crippen molar-refractivity contribution in [2.75, 3.05) is 31.7 Å². The highest BCUT2D eigenvalue weighted by Gasteiger charge is 2.22. The summed E-state index contributed by atoms with van der Waals surface area (Å²) in [4.78, 5) is 36.5. The number of ether oxygens (including phenoxy) is 3. The molecule has 29 heavy (non-hydrogen) atoms. The molecular weight excluding hydrogens is 378 g/mol. The van der Waals surface area contributed by atoms with E-state index >= 15 is 0 Å². The van der Waals surface area contributed by atoms with E-state index in [1.807, 2.05) is 0 Å². The molecule has 0 aromatic heterocycles. The second kappa shape index (κ2) is 10.4. The van der Waals surface area contributed by atoms with Gasteiger partial charge in [0.25, 0.3) is 0 Å². The van der Waals surface area contributed by atoms with Crippen molar-refractivity contribution in [1.82, 2.24) is 5.43 Å². The number of nitrogens with zero attached hydrogens (tertiary/aromatic N) is 1. The Morgan fingerprint density at radius 1 is 0.862 bits per heavy atom. The molecule has 0 aliphatic rings. The van der Waals surface area contributed by atoms with E-state index in [9.17, 15) is 14.4 Å². The third kappa shape index (κ3) is 5.73. The summed E-state index contributed by atoms with van der Waals surface area (Å²) >= 11 is 0. The number of rotatable bonds is 7. The molecule has 0 aliphatic heterocycles. The molecule has 9 heteroatoms. The summed E-state index contributed by atoms with van der Waals surface area (Å²) in [6.07, 6.45) is 1.04. The number of methoxy groups -OCH3 is 3. The molecule has 0 heterocycles. The number of carbonyl (C=O) groups is 3. The smallest absolute Gasteiger partial charge is 0.346 e. The van der Waals surface area contributed by atoms with Crippen LogP contribution in [-0.2, 0) is 19.1 Å². The predicted molar refractivity (Wildman–Crippen MR) is 106 cm³/mol. The molecule has 0 unspecified atom stereocenters. The number of carbonyl (C=O) groups excluding carboxylic acids is 3. The predicted octanol–water partition coefficient (Wildman–Crippen LogP) is 2.47. The number of anilines is 2. The van der Waals surface area contributed by atoms with Crippen LogP contribution in [-0.4, -0.2) is 39.3 Å². The average Bonchev–Trinajstić information content (AvgIpc) is 2.76. The highest BCUT2D eigenvalue weighted by molar-refractivity contribution is 6.14. The molecule has 0 saturated heterocycles. The zero-order valence-corrected chi connectivity index (χ0v) is 16.2. The van der Waals surface area contributed by atoms with Gasteiger partial charge >= 0.3 is 18.0 Å². The fraction of sp³-hybridized carbons (Fsp3) is 0.150. The van der Waals surface area contributed by atoms with Crippen molar-refractivity contribution < 1.29 is 28.6 Å². The molecular formula is C20H21N3O6. The molecule has 0 bridgehead atoms. The molecule has 152 valence electrons. The minimum Gasteiger partial charge on any atom is -0.497 e. The zero-order valence-electron chi connectivity index (χ0n) is 16.2. The zero-order chi connectivity index (χ0) is 21.2. The van der Waals surface area contributed by atoms with Gasteiger partial charge in [-0.15, -0.1) is 0 Å². The van der Waals surface area contributed by atoms with E-state index in [0.717, 1.165) is 25.4 Å². The standard InChI is InChI=1S/C20H21N3O6/c1-27-16-11-9-14(10-12-16)22-20(26)23(15-7-5-4-6-8-15)21-13-17(18(24)28-2)19(25)29-3/h4-13,21H,1-3H3,(H,22,26). The normalized spacial score (nSPS) is 9.62. The van der Waals surface area contributed by atoms with Crippen LogP contribution in [0.15, 0.2) is 66.4 Å². The van der Waals surface area contributed by atoms with Crippen LogP contribution in [0.4, 0.5) is 16.2 Å². The molecule has 0 aliphatic carbocycles. The number of esters is 2. The SMILES string of the molecule is COC(=O)C(=CNN(C(=O)Nc1ccc(OC)cc1)c1ccccc1)C(=O)OC. The van der Waals surface area contributed by atoms with Gasteiger partial charge in [0.2, 0.25) is 0 Å². The van der Waals surface area contributed by atoms with Crippen molar-refractivity contribution in [2.45, 2.75) is 0 Å². The van der Waals surface area contributed by atoms with Crippen molar-refractivity contribution in [3.63, 3.8) is 0 Å². The van der Waals surface area contributed by atoms with Crippen LogP contribution in [0.25, 0.3) is 0 Å². The van der Waals surface area contributed by atoms with Crippen molar-refractivity contribution in [3.8, 4) is 5.75 Å². The van der Waals surface area contributed by atoms with Crippen LogP contribution < -0.4 is 20.5 Å². The Labute approximate surface area is 167 Å². The van der Waals surface area contributed by atoms with Gasteiger partial charge in [0, 0.05) is 11.9 Å². The lowest BCUT2D eigenvalue weighted by atomic mass is 10.3. The number of nitrogens with one attached hydrogen (secondary N) is 2. The molecule has 0 atom stereocenters. The molecule has 0 fully saturated rings. The molecule has 2 aromatic carbocycles. The summed E-state index contributed by atoms with van der Waals surface area (Å²) < 4.78 is 14.2. The van der Waals surface area contributed by atoms with Gasteiger partial charge in [0.15, 0.2) is 5.57 Å². The first-order valence-corrected chi connectivity index (χ1v) is 8.43. The van der Waals surface area contributed by atoms with Crippen LogP contribution in [0.1, 0.15) is 0 Å². The van der Waals surface area contributed by atoms with Gasteiger partial charge in [0.05, 0.1) is 27.0 Å². The van der Waals surface area contributed by atoms with E-state index in [1.54, 1.807) is 61.7 Å². The summed E-state index contributed by atoms with van der Waals surface area (Å²) in [5, 5.41) is 3.83. The van der Waals surface area contributed by atoms with Crippen molar-refractivity contribution in [3.05, 3.63) is 66.4 Å².